The highest BCUT2D eigenvalue weighted by Crippen LogP contribution is 2.30. The lowest BCUT2D eigenvalue weighted by molar-refractivity contribution is -0.155. The molecule has 0 N–H and O–H groups in total. The van der Waals surface area contributed by atoms with Gasteiger partial charge in [-0.2, -0.15) is 0 Å². The average Bonchev–Trinajstić information content (AvgIpc) is 3.08. The van der Waals surface area contributed by atoms with Crippen LogP contribution in [0.25, 0.3) is 11.0 Å². The number of hydrogen-bond acceptors (Lipinski definition) is 4. The molecule has 0 bridgehead atoms. The Morgan fingerprint density at radius 1 is 1.06 bits per heavy atom. The molecule has 6 nitrogen and oxygen atoms in total. The average molecular weight is 450 g/mol. The fraction of sp³-hybridized carbons (Fsp3) is 0.444. The molecule has 176 valence electrons. The highest BCUT2D eigenvalue weighted by molar-refractivity contribution is 6.02. The van der Waals surface area contributed by atoms with Crippen LogP contribution in [0.5, 0.6) is 0 Å². The smallest absolute Gasteiger partial charge is 0.326 e. The zero-order valence-corrected chi connectivity index (χ0v) is 20.6. The molecule has 1 heterocycles. The number of imidazole rings is 1. The molecule has 0 spiro atoms. The van der Waals surface area contributed by atoms with Crippen molar-refractivity contribution in [3.8, 4) is 0 Å². The molecule has 6 heteroatoms. The summed E-state index contributed by atoms with van der Waals surface area (Å²) in [5.41, 5.74) is 2.81. The minimum atomic E-state index is -0.556. The van der Waals surface area contributed by atoms with Crippen molar-refractivity contribution < 1.29 is 14.3 Å². The van der Waals surface area contributed by atoms with Crippen LogP contribution in [-0.4, -0.2) is 27.0 Å². The number of carbonyl (C=O) groups excluding carboxylic acids is 2. The number of fused-ring (bicyclic) bond motifs is 1. The summed E-state index contributed by atoms with van der Waals surface area (Å²) in [5, 5.41) is 0. The van der Waals surface area contributed by atoms with Crippen LogP contribution in [0.4, 0.5) is 5.69 Å². The number of aromatic nitrogens is 2. The summed E-state index contributed by atoms with van der Waals surface area (Å²) in [5.74, 6) is 0.388. The molecule has 1 aromatic heterocycles. The van der Waals surface area contributed by atoms with Crippen molar-refractivity contribution in [3.63, 3.8) is 0 Å². The van der Waals surface area contributed by atoms with Crippen molar-refractivity contribution >= 4 is 28.6 Å². The van der Waals surface area contributed by atoms with Gasteiger partial charge in [-0.25, -0.2) is 4.98 Å². The molecule has 0 fully saturated rings. The van der Waals surface area contributed by atoms with Gasteiger partial charge in [-0.3, -0.25) is 9.59 Å². The lowest BCUT2D eigenvalue weighted by Gasteiger charge is -2.25. The van der Waals surface area contributed by atoms with E-state index in [0.29, 0.717) is 6.54 Å². The maximum Gasteiger partial charge on any atom is 0.326 e. The van der Waals surface area contributed by atoms with Crippen molar-refractivity contribution in [3.05, 3.63) is 59.9 Å². The molecule has 0 saturated carbocycles. The van der Waals surface area contributed by atoms with E-state index >= 15 is 0 Å². The summed E-state index contributed by atoms with van der Waals surface area (Å²) < 4.78 is 7.49. The third kappa shape index (κ3) is 6.01. The monoisotopic (exact) mass is 449 g/mol. The van der Waals surface area contributed by atoms with Gasteiger partial charge in [-0.1, -0.05) is 57.2 Å². The molecule has 1 amide bonds. The number of para-hydroxylation sites is 1. The molecule has 33 heavy (non-hydrogen) atoms. The summed E-state index contributed by atoms with van der Waals surface area (Å²) in [6, 6.07) is 15.8. The van der Waals surface area contributed by atoms with E-state index in [2.05, 4.69) is 6.92 Å². The second kappa shape index (κ2) is 10.2. The van der Waals surface area contributed by atoms with Gasteiger partial charge in [0.2, 0.25) is 5.91 Å². The first-order valence-electron chi connectivity index (χ1n) is 11.7. The van der Waals surface area contributed by atoms with Gasteiger partial charge in [-0.05, 0) is 44.9 Å². The van der Waals surface area contributed by atoms with Crippen LogP contribution in [0.3, 0.4) is 0 Å². The first-order chi connectivity index (χ1) is 15.6. The van der Waals surface area contributed by atoms with E-state index in [-0.39, 0.29) is 24.3 Å². The van der Waals surface area contributed by atoms with Crippen LogP contribution in [-0.2, 0) is 33.8 Å². The van der Waals surface area contributed by atoms with Crippen LogP contribution in [0.2, 0.25) is 0 Å². The Hall–Kier alpha value is -3.15. The molecule has 2 aromatic carbocycles. The maximum atomic E-state index is 13.3. The van der Waals surface area contributed by atoms with Crippen molar-refractivity contribution in [1.82, 2.24) is 9.55 Å². The van der Waals surface area contributed by atoms with Crippen LogP contribution in [0.1, 0.15) is 59.4 Å². The Morgan fingerprint density at radius 2 is 1.76 bits per heavy atom. The number of hydrogen-bond donors (Lipinski definition) is 0. The number of nitrogens with zero attached hydrogens (tertiary/aromatic N) is 3. The fourth-order valence-electron chi connectivity index (χ4n) is 3.85. The highest BCUT2D eigenvalue weighted by Gasteiger charge is 2.25. The highest BCUT2D eigenvalue weighted by atomic mass is 16.6. The summed E-state index contributed by atoms with van der Waals surface area (Å²) in [6.07, 6.45) is 1.62. The molecular formula is C27H35N3O3. The van der Waals surface area contributed by atoms with Crippen LogP contribution >= 0.6 is 0 Å². The molecule has 0 aliphatic carbocycles. The first-order valence-corrected chi connectivity index (χ1v) is 11.7. The topological polar surface area (TPSA) is 64.4 Å². The minimum absolute atomic E-state index is 0.0325. The Bertz CT molecular complexity index is 1110. The number of aryl methyl sites for hydroxylation is 1. The maximum absolute atomic E-state index is 13.3. The van der Waals surface area contributed by atoms with Crippen molar-refractivity contribution in [2.45, 2.75) is 73.1 Å². The van der Waals surface area contributed by atoms with Gasteiger partial charge in [0.05, 0.1) is 17.7 Å². The standard InChI is InChI=1S/C27H35N3O3/c1-7-12-23-28-25-21(29(23)18-24(31)33-27(4,5)6)15-11-16-22(25)30(26(32)19(2)3)17-20-13-9-8-10-14-20/h8-11,13-16,19H,7,12,17-18H2,1-6H3. The van der Waals surface area contributed by atoms with Gasteiger partial charge in [0.25, 0.3) is 0 Å². The predicted molar refractivity (Wildman–Crippen MR) is 132 cm³/mol. The number of anilines is 1. The van der Waals surface area contributed by atoms with Gasteiger partial charge in [0, 0.05) is 12.3 Å². The number of esters is 1. The van der Waals surface area contributed by atoms with Crippen molar-refractivity contribution in [1.29, 1.82) is 0 Å². The van der Waals surface area contributed by atoms with Gasteiger partial charge in [-0.15, -0.1) is 0 Å². The Labute approximate surface area is 196 Å². The van der Waals surface area contributed by atoms with E-state index in [1.54, 1.807) is 0 Å². The molecule has 0 aliphatic rings. The molecule has 0 atom stereocenters. The quantitative estimate of drug-likeness (QED) is 0.425. The molecule has 0 unspecified atom stereocenters. The molecule has 0 aliphatic heterocycles. The SMILES string of the molecule is CCCc1nc2c(N(Cc3ccccc3)C(=O)C(C)C)cccc2n1CC(=O)OC(C)(C)C. The molecule has 3 aromatic rings. The third-order valence-corrected chi connectivity index (χ3v) is 5.25. The third-order valence-electron chi connectivity index (χ3n) is 5.25. The van der Waals surface area contributed by atoms with Crippen LogP contribution in [0, 0.1) is 5.92 Å². The van der Waals surface area contributed by atoms with E-state index in [9.17, 15) is 9.59 Å². The van der Waals surface area contributed by atoms with Gasteiger partial charge < -0.3 is 14.2 Å². The first kappa shape index (κ1) is 24.5. The fourth-order valence-corrected chi connectivity index (χ4v) is 3.85. The number of benzene rings is 2. The van der Waals surface area contributed by atoms with Gasteiger partial charge in [0.15, 0.2) is 0 Å². The number of rotatable bonds is 8. The van der Waals surface area contributed by atoms with E-state index in [1.165, 1.54) is 0 Å². The van der Waals surface area contributed by atoms with Gasteiger partial charge >= 0.3 is 5.97 Å². The largest absolute Gasteiger partial charge is 0.459 e. The Balaban J connectivity index is 2.10. The predicted octanol–water partition coefficient (Wildman–Crippen LogP) is 5.52. The zero-order valence-electron chi connectivity index (χ0n) is 20.6. The Morgan fingerprint density at radius 3 is 2.36 bits per heavy atom. The van der Waals surface area contributed by atoms with E-state index in [0.717, 1.165) is 41.0 Å². The summed E-state index contributed by atoms with van der Waals surface area (Å²) in [7, 11) is 0. The second-order valence-corrected chi connectivity index (χ2v) is 9.66. The summed E-state index contributed by atoms with van der Waals surface area (Å²) >= 11 is 0. The zero-order chi connectivity index (χ0) is 24.2. The Kier molecular flexibility index (Phi) is 7.57. The van der Waals surface area contributed by atoms with Crippen molar-refractivity contribution in [2.75, 3.05) is 4.90 Å². The molecule has 0 radical (unpaired) electrons. The lowest BCUT2D eigenvalue weighted by Crippen LogP contribution is -2.34. The van der Waals surface area contributed by atoms with E-state index in [1.807, 2.05) is 92.6 Å². The minimum Gasteiger partial charge on any atom is -0.459 e. The summed E-state index contributed by atoms with van der Waals surface area (Å²) in [4.78, 5) is 32.6. The molecule has 3 rings (SSSR count). The summed E-state index contributed by atoms with van der Waals surface area (Å²) in [6.45, 7) is 12.0. The van der Waals surface area contributed by atoms with Crippen molar-refractivity contribution in [2.24, 2.45) is 5.92 Å². The van der Waals surface area contributed by atoms with Crippen LogP contribution < -0.4 is 4.90 Å². The normalized spacial score (nSPS) is 11.7. The van der Waals surface area contributed by atoms with E-state index < -0.39 is 5.60 Å². The molecule has 0 saturated heterocycles. The van der Waals surface area contributed by atoms with E-state index in [4.69, 9.17) is 9.72 Å². The van der Waals surface area contributed by atoms with Crippen LogP contribution in [0.15, 0.2) is 48.5 Å². The lowest BCUT2D eigenvalue weighted by atomic mass is 10.1. The van der Waals surface area contributed by atoms with Gasteiger partial charge in [0.1, 0.15) is 23.5 Å². The number of ether oxygens (including phenoxy) is 1. The molecular weight excluding hydrogens is 414 g/mol. The number of carbonyl (C=O) groups is 2. The number of amides is 1. The second-order valence-electron chi connectivity index (χ2n) is 9.66.